The normalized spacial score (nSPS) is 10.7. The van der Waals surface area contributed by atoms with E-state index in [-0.39, 0.29) is 5.91 Å². The fraction of sp³-hybridized carbons (Fsp3) is 0.222. The fourth-order valence-electron chi connectivity index (χ4n) is 2.37. The number of hydrogen-bond donors (Lipinski definition) is 1. The van der Waals surface area contributed by atoms with Gasteiger partial charge >= 0.3 is 0 Å². The number of benzene rings is 1. The summed E-state index contributed by atoms with van der Waals surface area (Å²) in [4.78, 5) is 12.0. The molecular formula is C18H18ClN5O2S. The number of rotatable bonds is 8. The summed E-state index contributed by atoms with van der Waals surface area (Å²) in [6.45, 7) is 6.13. The third-order valence-corrected chi connectivity index (χ3v) is 4.81. The van der Waals surface area contributed by atoms with Crippen LogP contribution in [0.3, 0.4) is 0 Å². The highest BCUT2D eigenvalue weighted by Gasteiger charge is 2.14. The predicted octanol–water partition coefficient (Wildman–Crippen LogP) is 4.20. The molecule has 0 saturated carbocycles. The first kappa shape index (κ1) is 19.2. The molecule has 0 saturated heterocycles. The largest absolute Gasteiger partial charge is 0.360 e. The Morgan fingerprint density at radius 1 is 1.37 bits per heavy atom. The third-order valence-electron chi connectivity index (χ3n) is 3.59. The zero-order valence-electron chi connectivity index (χ0n) is 14.7. The molecule has 0 fully saturated rings. The molecule has 2 aromatic heterocycles. The van der Waals surface area contributed by atoms with E-state index >= 15 is 0 Å². The summed E-state index contributed by atoms with van der Waals surface area (Å²) in [7, 11) is 0. The van der Waals surface area contributed by atoms with Crippen molar-refractivity contribution in [2.75, 3.05) is 11.1 Å². The van der Waals surface area contributed by atoms with E-state index in [4.69, 9.17) is 16.1 Å². The first-order valence-electron chi connectivity index (χ1n) is 8.23. The number of allylic oxidation sites excluding steroid dienone is 1. The highest BCUT2D eigenvalue weighted by molar-refractivity contribution is 7.99. The summed E-state index contributed by atoms with van der Waals surface area (Å²) in [5.74, 6) is 2.22. The Bertz CT molecular complexity index is 936. The number of hydrogen-bond acceptors (Lipinski definition) is 6. The van der Waals surface area contributed by atoms with E-state index in [1.54, 1.807) is 19.1 Å². The monoisotopic (exact) mass is 403 g/mol. The first-order valence-corrected chi connectivity index (χ1v) is 9.59. The van der Waals surface area contributed by atoms with Gasteiger partial charge in [0, 0.05) is 35.4 Å². The molecule has 0 bridgehead atoms. The lowest BCUT2D eigenvalue weighted by Crippen LogP contribution is -2.12. The molecule has 3 rings (SSSR count). The quantitative estimate of drug-likeness (QED) is 0.448. The number of carbonyl (C=O) groups excluding carboxylic acids is 1. The molecule has 9 heteroatoms. The molecule has 1 aromatic carbocycles. The van der Waals surface area contributed by atoms with Crippen molar-refractivity contribution < 1.29 is 9.32 Å². The van der Waals surface area contributed by atoms with Gasteiger partial charge < -0.3 is 9.84 Å². The van der Waals surface area contributed by atoms with Crippen molar-refractivity contribution in [3.8, 4) is 11.4 Å². The maximum atomic E-state index is 12.0. The average molecular weight is 404 g/mol. The number of carbonyl (C=O) groups is 1. The van der Waals surface area contributed by atoms with Crippen LogP contribution in [0.15, 0.2) is 52.7 Å². The van der Waals surface area contributed by atoms with Gasteiger partial charge in [0.05, 0.1) is 0 Å². The van der Waals surface area contributed by atoms with E-state index in [0.29, 0.717) is 35.3 Å². The minimum absolute atomic E-state index is 0.136. The molecule has 0 unspecified atom stereocenters. The van der Waals surface area contributed by atoms with Crippen LogP contribution in [0.1, 0.15) is 12.2 Å². The number of aromatic nitrogens is 4. The lowest BCUT2D eigenvalue weighted by atomic mass is 10.2. The second kappa shape index (κ2) is 8.88. The van der Waals surface area contributed by atoms with Crippen LogP contribution in [0.4, 0.5) is 5.82 Å². The van der Waals surface area contributed by atoms with Crippen LogP contribution in [-0.2, 0) is 11.3 Å². The Hall–Kier alpha value is -2.58. The highest BCUT2D eigenvalue weighted by atomic mass is 35.5. The topological polar surface area (TPSA) is 85.8 Å². The Balaban J connectivity index is 1.63. The molecule has 1 amide bonds. The molecule has 0 radical (unpaired) electrons. The summed E-state index contributed by atoms with van der Waals surface area (Å²) in [6, 6.07) is 9.09. The van der Waals surface area contributed by atoms with Gasteiger partial charge in [-0.3, -0.25) is 9.36 Å². The van der Waals surface area contributed by atoms with Crippen molar-refractivity contribution in [1.82, 2.24) is 19.9 Å². The van der Waals surface area contributed by atoms with Crippen molar-refractivity contribution in [3.05, 3.63) is 53.8 Å². The number of amides is 1. The molecule has 1 N–H and O–H groups in total. The van der Waals surface area contributed by atoms with Gasteiger partial charge in [-0.1, -0.05) is 34.6 Å². The highest BCUT2D eigenvalue weighted by Crippen LogP contribution is 2.25. The molecule has 2 heterocycles. The van der Waals surface area contributed by atoms with Crippen LogP contribution in [0, 0.1) is 6.92 Å². The van der Waals surface area contributed by atoms with Crippen molar-refractivity contribution in [2.24, 2.45) is 0 Å². The van der Waals surface area contributed by atoms with Gasteiger partial charge in [-0.15, -0.1) is 16.8 Å². The SMILES string of the molecule is C=CCn1c(SCCC(=O)Nc2cc(C)on2)nnc1-c1ccc(Cl)cc1. The maximum Gasteiger partial charge on any atom is 0.226 e. The van der Waals surface area contributed by atoms with Crippen LogP contribution in [0.25, 0.3) is 11.4 Å². The Morgan fingerprint density at radius 3 is 2.81 bits per heavy atom. The molecule has 0 aliphatic heterocycles. The maximum absolute atomic E-state index is 12.0. The second-order valence-corrected chi connectivity index (χ2v) is 7.18. The van der Waals surface area contributed by atoms with E-state index in [0.717, 1.165) is 16.5 Å². The molecule has 0 atom stereocenters. The van der Waals surface area contributed by atoms with Crippen molar-refractivity contribution in [1.29, 1.82) is 0 Å². The second-order valence-electron chi connectivity index (χ2n) is 5.68. The van der Waals surface area contributed by atoms with Crippen LogP contribution >= 0.6 is 23.4 Å². The Morgan fingerprint density at radius 2 is 2.15 bits per heavy atom. The number of anilines is 1. The zero-order valence-corrected chi connectivity index (χ0v) is 16.3. The molecule has 0 spiro atoms. The van der Waals surface area contributed by atoms with E-state index < -0.39 is 0 Å². The Kier molecular flexibility index (Phi) is 6.31. The van der Waals surface area contributed by atoms with Gasteiger partial charge in [0.1, 0.15) is 5.76 Å². The lowest BCUT2D eigenvalue weighted by Gasteiger charge is -2.08. The van der Waals surface area contributed by atoms with Gasteiger partial charge in [0.15, 0.2) is 16.8 Å². The molecule has 7 nitrogen and oxygen atoms in total. The number of aryl methyl sites for hydroxylation is 1. The summed E-state index contributed by atoms with van der Waals surface area (Å²) in [6.07, 6.45) is 2.10. The smallest absolute Gasteiger partial charge is 0.226 e. The zero-order chi connectivity index (χ0) is 19.2. The lowest BCUT2D eigenvalue weighted by molar-refractivity contribution is -0.115. The first-order chi connectivity index (χ1) is 13.1. The van der Waals surface area contributed by atoms with Crippen LogP contribution in [-0.4, -0.2) is 31.6 Å². The standard InChI is InChI=1S/C18H18ClN5O2S/c1-3-9-24-17(13-4-6-14(19)7-5-13)21-22-18(24)27-10-8-16(25)20-15-11-12(2)26-23-15/h3-7,11H,1,8-10H2,2H3,(H,20,23,25). The number of nitrogens with zero attached hydrogens (tertiary/aromatic N) is 4. The van der Waals surface area contributed by atoms with Gasteiger partial charge in [-0.05, 0) is 31.2 Å². The molecule has 140 valence electrons. The molecule has 3 aromatic rings. The van der Waals surface area contributed by atoms with Gasteiger partial charge in [0.2, 0.25) is 5.91 Å². The molecule has 27 heavy (non-hydrogen) atoms. The third kappa shape index (κ3) is 4.99. The van der Waals surface area contributed by atoms with Crippen LogP contribution < -0.4 is 5.32 Å². The minimum Gasteiger partial charge on any atom is -0.360 e. The van der Waals surface area contributed by atoms with Crippen LogP contribution in [0.2, 0.25) is 5.02 Å². The van der Waals surface area contributed by atoms with Gasteiger partial charge in [-0.25, -0.2) is 0 Å². The predicted molar refractivity (Wildman–Crippen MR) is 106 cm³/mol. The van der Waals surface area contributed by atoms with Crippen molar-refractivity contribution >= 4 is 35.1 Å². The molecule has 0 aliphatic rings. The summed E-state index contributed by atoms with van der Waals surface area (Å²) < 4.78 is 6.88. The van der Waals surface area contributed by atoms with Crippen molar-refractivity contribution in [3.63, 3.8) is 0 Å². The van der Waals surface area contributed by atoms with E-state index in [1.807, 2.05) is 28.8 Å². The van der Waals surface area contributed by atoms with Gasteiger partial charge in [-0.2, -0.15) is 0 Å². The van der Waals surface area contributed by atoms with E-state index in [1.165, 1.54) is 11.8 Å². The minimum atomic E-state index is -0.136. The molecule has 0 aliphatic carbocycles. The Labute approximate surface area is 165 Å². The fourth-order valence-corrected chi connectivity index (χ4v) is 3.38. The number of halogens is 1. The summed E-state index contributed by atoms with van der Waals surface area (Å²) in [5.41, 5.74) is 0.916. The number of thioether (sulfide) groups is 1. The van der Waals surface area contributed by atoms with Crippen LogP contribution in [0.5, 0.6) is 0 Å². The van der Waals surface area contributed by atoms with Crippen molar-refractivity contribution in [2.45, 2.75) is 25.0 Å². The summed E-state index contributed by atoms with van der Waals surface area (Å²) >= 11 is 7.41. The van der Waals surface area contributed by atoms with E-state index in [2.05, 4.69) is 27.2 Å². The van der Waals surface area contributed by atoms with Gasteiger partial charge in [0.25, 0.3) is 0 Å². The number of nitrogens with one attached hydrogen (secondary N) is 1. The molecular weight excluding hydrogens is 386 g/mol. The van der Waals surface area contributed by atoms with E-state index in [9.17, 15) is 4.79 Å². The summed E-state index contributed by atoms with van der Waals surface area (Å²) in [5, 5.41) is 16.4. The average Bonchev–Trinajstić information content (AvgIpc) is 3.23.